The molecule has 0 radical (unpaired) electrons. The topological polar surface area (TPSA) is 125 Å². The number of ether oxygens (including phenoxy) is 4. The van der Waals surface area contributed by atoms with Crippen molar-refractivity contribution in [1.82, 2.24) is 10.7 Å². The van der Waals surface area contributed by atoms with Gasteiger partial charge in [0.1, 0.15) is 5.75 Å². The Morgan fingerprint density at radius 3 is 2.75 bits per heavy atom. The van der Waals surface area contributed by atoms with Crippen molar-refractivity contribution in [2.75, 3.05) is 26.6 Å². The summed E-state index contributed by atoms with van der Waals surface area (Å²) in [5.74, 6) is 0.131. The number of hydrogen-bond donors (Lipinski definition) is 2. The van der Waals surface area contributed by atoms with Gasteiger partial charge in [0.15, 0.2) is 18.1 Å². The van der Waals surface area contributed by atoms with E-state index in [0.29, 0.717) is 32.8 Å². The molecule has 2 aromatic rings. The van der Waals surface area contributed by atoms with Gasteiger partial charge in [-0.15, -0.1) is 0 Å². The van der Waals surface area contributed by atoms with E-state index in [1.807, 2.05) is 0 Å². The molecular weight excluding hydrogens is 486 g/mol. The number of nitrogens with one attached hydrogen (secondary N) is 2. The van der Waals surface area contributed by atoms with Gasteiger partial charge in [0.2, 0.25) is 6.79 Å². The molecule has 0 saturated carbocycles. The minimum atomic E-state index is -0.496. The number of halogens is 1. The number of rotatable bonds is 9. The van der Waals surface area contributed by atoms with Crippen molar-refractivity contribution in [3.05, 3.63) is 52.0 Å². The van der Waals surface area contributed by atoms with Gasteiger partial charge >= 0.3 is 5.97 Å². The molecule has 168 valence electrons. The van der Waals surface area contributed by atoms with Crippen molar-refractivity contribution in [2.24, 2.45) is 5.10 Å². The minimum absolute atomic E-state index is 0.112. The summed E-state index contributed by atoms with van der Waals surface area (Å²) >= 11 is 3.35. The molecule has 0 saturated heterocycles. The SMILES string of the molecule is CCOC(=O)COc1ccc(/C=N/NC(=O)CNC(=O)c2ccc3c(c2)OCO3)cc1Br. The maximum atomic E-state index is 12.2. The molecule has 2 N–H and O–H groups in total. The van der Waals surface area contributed by atoms with E-state index in [-0.39, 0.29) is 26.6 Å². The van der Waals surface area contributed by atoms with Gasteiger partial charge in [-0.1, -0.05) is 0 Å². The predicted octanol–water partition coefficient (Wildman–Crippen LogP) is 2.00. The molecule has 2 aromatic carbocycles. The van der Waals surface area contributed by atoms with Crippen LogP contribution >= 0.6 is 15.9 Å². The first-order chi connectivity index (χ1) is 15.5. The van der Waals surface area contributed by atoms with E-state index in [2.05, 4.69) is 31.8 Å². The van der Waals surface area contributed by atoms with Crippen molar-refractivity contribution in [3.8, 4) is 17.2 Å². The summed E-state index contributed by atoms with van der Waals surface area (Å²) in [6.45, 7) is 1.66. The average Bonchev–Trinajstić information content (AvgIpc) is 3.25. The molecule has 3 rings (SSSR count). The summed E-state index contributed by atoms with van der Waals surface area (Å²) in [5, 5.41) is 6.36. The quantitative estimate of drug-likeness (QED) is 0.303. The number of carbonyl (C=O) groups is 3. The monoisotopic (exact) mass is 505 g/mol. The van der Waals surface area contributed by atoms with Gasteiger partial charge in [-0.25, -0.2) is 10.2 Å². The highest BCUT2D eigenvalue weighted by Gasteiger charge is 2.16. The third-order valence-corrected chi connectivity index (χ3v) is 4.67. The molecule has 0 bridgehead atoms. The smallest absolute Gasteiger partial charge is 0.344 e. The number of amides is 2. The maximum absolute atomic E-state index is 12.2. The van der Waals surface area contributed by atoms with E-state index in [1.165, 1.54) is 6.21 Å². The number of nitrogens with zero attached hydrogens (tertiary/aromatic N) is 1. The Kier molecular flexibility index (Phi) is 8.03. The van der Waals surface area contributed by atoms with Crippen molar-refractivity contribution < 1.29 is 33.3 Å². The molecule has 0 aromatic heterocycles. The number of hydrazone groups is 1. The van der Waals surface area contributed by atoms with Crippen LogP contribution in [-0.4, -0.2) is 50.5 Å². The molecule has 1 aliphatic heterocycles. The summed E-state index contributed by atoms with van der Waals surface area (Å²) in [6, 6.07) is 9.81. The summed E-state index contributed by atoms with van der Waals surface area (Å²) < 4.78 is 21.2. The average molecular weight is 506 g/mol. The van der Waals surface area contributed by atoms with Gasteiger partial charge in [0, 0.05) is 5.56 Å². The van der Waals surface area contributed by atoms with E-state index >= 15 is 0 Å². The van der Waals surface area contributed by atoms with Crippen LogP contribution in [0, 0.1) is 0 Å². The normalized spacial score (nSPS) is 11.8. The van der Waals surface area contributed by atoms with Crippen molar-refractivity contribution in [1.29, 1.82) is 0 Å². The Morgan fingerprint density at radius 1 is 1.16 bits per heavy atom. The lowest BCUT2D eigenvalue weighted by Gasteiger charge is -2.08. The summed E-state index contributed by atoms with van der Waals surface area (Å²) in [4.78, 5) is 35.5. The lowest BCUT2D eigenvalue weighted by molar-refractivity contribution is -0.145. The molecular formula is C21H20BrN3O7. The van der Waals surface area contributed by atoms with Gasteiger partial charge in [-0.2, -0.15) is 5.10 Å². The molecule has 2 amide bonds. The van der Waals surface area contributed by atoms with Crippen molar-refractivity contribution in [2.45, 2.75) is 6.92 Å². The largest absolute Gasteiger partial charge is 0.481 e. The number of carbonyl (C=O) groups excluding carboxylic acids is 3. The third kappa shape index (κ3) is 6.45. The first-order valence-corrected chi connectivity index (χ1v) is 10.3. The Balaban J connectivity index is 1.44. The third-order valence-electron chi connectivity index (χ3n) is 4.05. The second kappa shape index (κ2) is 11.1. The zero-order chi connectivity index (χ0) is 22.9. The van der Waals surface area contributed by atoms with E-state index in [0.717, 1.165) is 0 Å². The molecule has 0 unspecified atom stereocenters. The molecule has 32 heavy (non-hydrogen) atoms. The maximum Gasteiger partial charge on any atom is 0.344 e. The molecule has 10 nitrogen and oxygen atoms in total. The van der Waals surface area contributed by atoms with Gasteiger partial charge in [0.05, 0.1) is 23.8 Å². The fourth-order valence-electron chi connectivity index (χ4n) is 2.57. The zero-order valence-corrected chi connectivity index (χ0v) is 18.6. The van der Waals surface area contributed by atoms with E-state index in [1.54, 1.807) is 43.3 Å². The second-order valence-electron chi connectivity index (χ2n) is 6.33. The number of esters is 1. The van der Waals surface area contributed by atoms with Crippen molar-refractivity contribution in [3.63, 3.8) is 0 Å². The van der Waals surface area contributed by atoms with Crippen LogP contribution in [0.5, 0.6) is 17.2 Å². The molecule has 0 aliphatic carbocycles. The Labute approximate surface area is 192 Å². The fourth-order valence-corrected chi connectivity index (χ4v) is 3.08. The van der Waals surface area contributed by atoms with Crippen molar-refractivity contribution >= 4 is 39.9 Å². The Morgan fingerprint density at radius 2 is 1.97 bits per heavy atom. The van der Waals surface area contributed by atoms with Gasteiger partial charge in [0.25, 0.3) is 11.8 Å². The van der Waals surface area contributed by atoms with Gasteiger partial charge < -0.3 is 24.3 Å². The predicted molar refractivity (Wildman–Crippen MR) is 117 cm³/mol. The van der Waals surface area contributed by atoms with Gasteiger partial charge in [-0.3, -0.25) is 9.59 Å². The molecule has 0 fully saturated rings. The summed E-state index contributed by atoms with van der Waals surface area (Å²) in [5.41, 5.74) is 3.35. The Bertz CT molecular complexity index is 1040. The second-order valence-corrected chi connectivity index (χ2v) is 7.18. The van der Waals surface area contributed by atoms with Crippen LogP contribution in [0.4, 0.5) is 0 Å². The zero-order valence-electron chi connectivity index (χ0n) is 17.1. The van der Waals surface area contributed by atoms with Gasteiger partial charge in [-0.05, 0) is 64.8 Å². The standard InChI is InChI=1S/C21H20BrN3O7/c1-2-29-20(27)11-30-16-5-3-13(7-15(16)22)9-24-25-19(26)10-23-21(28)14-4-6-17-18(8-14)32-12-31-17/h3-9H,2,10-12H2,1H3,(H,23,28)(H,25,26)/b24-9+. The van der Waals surface area contributed by atoms with Crippen LogP contribution in [0.25, 0.3) is 0 Å². The van der Waals surface area contributed by atoms with Crippen LogP contribution in [0.15, 0.2) is 46.0 Å². The highest BCUT2D eigenvalue weighted by Crippen LogP contribution is 2.32. The lowest BCUT2D eigenvalue weighted by atomic mass is 10.2. The van der Waals surface area contributed by atoms with Crippen LogP contribution < -0.4 is 25.0 Å². The molecule has 0 atom stereocenters. The van der Waals surface area contributed by atoms with E-state index < -0.39 is 17.8 Å². The fraction of sp³-hybridized carbons (Fsp3) is 0.238. The molecule has 0 spiro atoms. The minimum Gasteiger partial charge on any atom is -0.481 e. The first kappa shape index (κ1) is 23.1. The van der Waals surface area contributed by atoms with E-state index in [4.69, 9.17) is 18.9 Å². The molecule has 1 aliphatic rings. The highest BCUT2D eigenvalue weighted by atomic mass is 79.9. The number of hydrogen-bond acceptors (Lipinski definition) is 8. The molecule has 1 heterocycles. The summed E-state index contributed by atoms with van der Waals surface area (Å²) in [6.07, 6.45) is 1.43. The number of benzene rings is 2. The van der Waals surface area contributed by atoms with Crippen LogP contribution in [-0.2, 0) is 14.3 Å². The van der Waals surface area contributed by atoms with Crippen LogP contribution in [0.3, 0.4) is 0 Å². The first-order valence-electron chi connectivity index (χ1n) is 9.54. The Hall–Kier alpha value is -3.60. The summed E-state index contributed by atoms with van der Waals surface area (Å²) in [7, 11) is 0. The van der Waals surface area contributed by atoms with Crippen LogP contribution in [0.2, 0.25) is 0 Å². The number of fused-ring (bicyclic) bond motifs is 1. The molecule has 11 heteroatoms. The lowest BCUT2D eigenvalue weighted by Crippen LogP contribution is -2.34. The van der Waals surface area contributed by atoms with Crippen LogP contribution in [0.1, 0.15) is 22.8 Å². The highest BCUT2D eigenvalue weighted by molar-refractivity contribution is 9.10. The van der Waals surface area contributed by atoms with E-state index in [9.17, 15) is 14.4 Å².